The second-order valence-corrected chi connectivity index (χ2v) is 8.95. The molecule has 0 saturated carbocycles. The van der Waals surface area contributed by atoms with Gasteiger partial charge >= 0.3 is 0 Å². The van der Waals surface area contributed by atoms with Crippen molar-refractivity contribution in [2.45, 2.75) is 18.9 Å². The van der Waals surface area contributed by atoms with Crippen LogP contribution in [0.3, 0.4) is 0 Å². The molecule has 4 aromatic rings. The van der Waals surface area contributed by atoms with E-state index >= 15 is 4.39 Å². The minimum atomic E-state index is -0.657. The number of fused-ring (bicyclic) bond motifs is 1. The Morgan fingerprint density at radius 1 is 1.11 bits per heavy atom. The van der Waals surface area contributed by atoms with Crippen LogP contribution in [0.2, 0.25) is 0 Å². The summed E-state index contributed by atoms with van der Waals surface area (Å²) in [4.78, 5) is 17.6. The number of carbonyl (C=O) groups excluding carboxylic acids is 1. The van der Waals surface area contributed by atoms with E-state index in [1.165, 1.54) is 29.2 Å². The maximum Gasteiger partial charge on any atom is 0.253 e. The molecule has 2 aromatic heterocycles. The van der Waals surface area contributed by atoms with Gasteiger partial charge in [0.1, 0.15) is 35.0 Å². The maximum atomic E-state index is 15.1. The van der Waals surface area contributed by atoms with Gasteiger partial charge in [0.15, 0.2) is 11.4 Å². The largest absolute Gasteiger partial charge is 0.489 e. The average Bonchev–Trinajstić information content (AvgIpc) is 3.33. The molecule has 1 amide bonds. The van der Waals surface area contributed by atoms with E-state index < -0.39 is 11.6 Å². The fourth-order valence-electron chi connectivity index (χ4n) is 4.31. The van der Waals surface area contributed by atoms with E-state index in [1.807, 2.05) is 0 Å². The normalized spacial score (nSPS) is 13.9. The molecule has 2 aromatic carbocycles. The highest BCUT2D eigenvalue weighted by molar-refractivity contribution is 5.95. The number of benzene rings is 2. The second kappa shape index (κ2) is 9.99. The summed E-state index contributed by atoms with van der Waals surface area (Å²) in [5.74, 6) is -1.09. The van der Waals surface area contributed by atoms with E-state index in [1.54, 1.807) is 26.2 Å². The molecule has 1 aliphatic rings. The molecule has 0 unspecified atom stereocenters. The molecule has 188 valence electrons. The first-order valence-electron chi connectivity index (χ1n) is 11.7. The SMILES string of the molecule is CN(C)C(=O)c1ccc(-c2cc3ncc(F)c(-c4ccc(OC5CCOCC5)c(C#N)c4)c3o2)c(F)c1. The molecule has 5 rings (SSSR count). The minimum Gasteiger partial charge on any atom is -0.489 e. The van der Waals surface area contributed by atoms with Crippen molar-refractivity contribution in [3.05, 3.63) is 71.4 Å². The van der Waals surface area contributed by atoms with E-state index in [-0.39, 0.29) is 45.6 Å². The number of carbonyl (C=O) groups is 1. The number of nitrogens with zero attached hydrogens (tertiary/aromatic N) is 3. The summed E-state index contributed by atoms with van der Waals surface area (Å²) in [5.41, 5.74) is 1.49. The van der Waals surface area contributed by atoms with Crippen molar-refractivity contribution in [2.75, 3.05) is 27.3 Å². The highest BCUT2D eigenvalue weighted by Gasteiger charge is 2.22. The number of hydrogen-bond acceptors (Lipinski definition) is 6. The summed E-state index contributed by atoms with van der Waals surface area (Å²) in [7, 11) is 3.16. The average molecular weight is 504 g/mol. The monoisotopic (exact) mass is 503 g/mol. The Kier molecular flexibility index (Phi) is 6.59. The lowest BCUT2D eigenvalue weighted by molar-refractivity contribution is 0.0254. The van der Waals surface area contributed by atoms with Gasteiger partial charge in [-0.05, 0) is 35.9 Å². The van der Waals surface area contributed by atoms with E-state index in [9.17, 15) is 14.4 Å². The lowest BCUT2D eigenvalue weighted by Gasteiger charge is -2.23. The molecule has 37 heavy (non-hydrogen) atoms. The van der Waals surface area contributed by atoms with Crippen LogP contribution in [0.1, 0.15) is 28.8 Å². The molecule has 0 N–H and O–H groups in total. The molecule has 3 heterocycles. The summed E-state index contributed by atoms with van der Waals surface area (Å²) >= 11 is 0. The van der Waals surface area contributed by atoms with Gasteiger partial charge in [-0.15, -0.1) is 0 Å². The molecule has 1 aliphatic heterocycles. The maximum absolute atomic E-state index is 15.1. The topological polar surface area (TPSA) is 88.6 Å². The minimum absolute atomic E-state index is 0.0574. The third-order valence-electron chi connectivity index (χ3n) is 6.23. The van der Waals surface area contributed by atoms with Gasteiger partial charge in [-0.2, -0.15) is 5.26 Å². The van der Waals surface area contributed by atoms with Crippen LogP contribution < -0.4 is 4.74 Å². The van der Waals surface area contributed by atoms with Crippen LogP contribution in [-0.2, 0) is 4.74 Å². The van der Waals surface area contributed by atoms with Gasteiger partial charge in [0.25, 0.3) is 5.91 Å². The van der Waals surface area contributed by atoms with Gasteiger partial charge in [0.2, 0.25) is 0 Å². The van der Waals surface area contributed by atoms with Crippen LogP contribution in [0.25, 0.3) is 33.6 Å². The van der Waals surface area contributed by atoms with Crippen LogP contribution in [0.15, 0.2) is 53.1 Å². The number of aromatic nitrogens is 1. The number of pyridine rings is 1. The number of halogens is 2. The van der Waals surface area contributed by atoms with E-state index in [0.29, 0.717) is 30.0 Å². The highest BCUT2D eigenvalue weighted by atomic mass is 19.1. The Bertz CT molecular complexity index is 1530. The van der Waals surface area contributed by atoms with Gasteiger partial charge in [0, 0.05) is 38.6 Å². The van der Waals surface area contributed by atoms with E-state index in [4.69, 9.17) is 13.9 Å². The first-order valence-corrected chi connectivity index (χ1v) is 11.7. The summed E-state index contributed by atoms with van der Waals surface area (Å²) < 4.78 is 47.3. The molecule has 7 nitrogen and oxygen atoms in total. The number of ether oxygens (including phenoxy) is 2. The van der Waals surface area contributed by atoms with Crippen molar-refractivity contribution >= 4 is 17.0 Å². The Morgan fingerprint density at radius 3 is 2.59 bits per heavy atom. The van der Waals surface area contributed by atoms with Crippen LogP contribution in [0.4, 0.5) is 8.78 Å². The molecule has 0 bridgehead atoms. The Labute approximate surface area is 211 Å². The zero-order valence-electron chi connectivity index (χ0n) is 20.3. The van der Waals surface area contributed by atoms with Gasteiger partial charge in [0.05, 0.1) is 36.1 Å². The van der Waals surface area contributed by atoms with Gasteiger partial charge < -0.3 is 18.8 Å². The molecule has 0 radical (unpaired) electrons. The fourth-order valence-corrected chi connectivity index (χ4v) is 4.31. The predicted octanol–water partition coefficient (Wildman–Crippen LogP) is 5.57. The van der Waals surface area contributed by atoms with Crippen LogP contribution in [-0.4, -0.2) is 49.2 Å². The third kappa shape index (κ3) is 4.76. The fraction of sp³-hybridized carbons (Fsp3) is 0.250. The second-order valence-electron chi connectivity index (χ2n) is 8.95. The van der Waals surface area contributed by atoms with E-state index in [2.05, 4.69) is 11.1 Å². The molecule has 0 atom stereocenters. The third-order valence-corrected chi connectivity index (χ3v) is 6.23. The summed E-state index contributed by atoms with van der Waals surface area (Å²) in [5, 5.41) is 9.73. The van der Waals surface area contributed by atoms with Gasteiger partial charge in [-0.3, -0.25) is 4.79 Å². The van der Waals surface area contributed by atoms with Crippen molar-refractivity contribution in [2.24, 2.45) is 0 Å². The van der Waals surface area contributed by atoms with Gasteiger partial charge in [-0.1, -0.05) is 6.07 Å². The number of rotatable bonds is 5. The quantitative estimate of drug-likeness (QED) is 0.354. The van der Waals surface area contributed by atoms with Crippen LogP contribution in [0.5, 0.6) is 5.75 Å². The standard InChI is InChI=1S/C28H23F2N3O4/c1-33(2)28(34)17-3-5-20(21(29)12-17)25-13-23-27(37-25)26(22(30)15-32-23)16-4-6-24(18(11-16)14-31)36-19-7-9-35-10-8-19/h3-6,11-13,15,19H,7-10H2,1-2H3. The molecule has 9 heteroatoms. The zero-order chi connectivity index (χ0) is 26.1. The lowest BCUT2D eigenvalue weighted by Crippen LogP contribution is -2.26. The Morgan fingerprint density at radius 2 is 1.89 bits per heavy atom. The van der Waals surface area contributed by atoms with Crippen molar-refractivity contribution < 1.29 is 27.5 Å². The smallest absolute Gasteiger partial charge is 0.253 e. The summed E-state index contributed by atoms with van der Waals surface area (Å²) in [6.45, 7) is 1.20. The summed E-state index contributed by atoms with van der Waals surface area (Å²) in [6, 6.07) is 12.5. The Balaban J connectivity index is 1.53. The lowest BCUT2D eigenvalue weighted by atomic mass is 10.0. The van der Waals surface area contributed by atoms with Crippen molar-refractivity contribution in [1.82, 2.24) is 9.88 Å². The molecule has 1 saturated heterocycles. The number of amides is 1. The number of nitriles is 1. The van der Waals surface area contributed by atoms with Crippen molar-refractivity contribution in [3.8, 4) is 34.3 Å². The number of hydrogen-bond donors (Lipinski definition) is 0. The molecule has 1 fully saturated rings. The molecule has 0 aliphatic carbocycles. The predicted molar refractivity (Wildman–Crippen MR) is 132 cm³/mol. The van der Waals surface area contributed by atoms with Crippen molar-refractivity contribution in [3.63, 3.8) is 0 Å². The van der Waals surface area contributed by atoms with Crippen LogP contribution >= 0.6 is 0 Å². The Hall–Kier alpha value is -4.29. The molecular formula is C28H23F2N3O4. The van der Waals surface area contributed by atoms with Crippen molar-refractivity contribution in [1.29, 1.82) is 5.26 Å². The van der Waals surface area contributed by atoms with E-state index in [0.717, 1.165) is 25.1 Å². The molecule has 0 spiro atoms. The summed E-state index contributed by atoms with van der Waals surface area (Å²) in [6.07, 6.45) is 2.45. The number of furan rings is 1. The van der Waals surface area contributed by atoms with Gasteiger partial charge in [-0.25, -0.2) is 13.8 Å². The highest BCUT2D eigenvalue weighted by Crippen LogP contribution is 2.38. The first-order chi connectivity index (χ1) is 17.9. The zero-order valence-corrected chi connectivity index (χ0v) is 20.3. The molecular weight excluding hydrogens is 480 g/mol. The van der Waals surface area contributed by atoms with Crippen LogP contribution in [0, 0.1) is 23.0 Å². The first kappa shape index (κ1) is 24.4.